The van der Waals surface area contributed by atoms with Crippen molar-refractivity contribution in [2.45, 2.75) is 32.7 Å². The molecule has 5 rings (SSSR count). The lowest BCUT2D eigenvalue weighted by atomic mass is 9.94. The van der Waals surface area contributed by atoms with Crippen molar-refractivity contribution in [1.82, 2.24) is 24.8 Å². The third kappa shape index (κ3) is 3.98. The SMILES string of the molecule is Cc1cccc(-n2nnc(C(=O)N3c4ccccc4CCC3C(=O)N3CCN(C)CC3)c2C)c1. The fourth-order valence-electron chi connectivity index (χ4n) is 4.91. The van der Waals surface area contributed by atoms with Crippen LogP contribution in [-0.4, -0.2) is 75.9 Å². The van der Waals surface area contributed by atoms with Gasteiger partial charge in [-0.15, -0.1) is 5.10 Å². The molecule has 176 valence electrons. The Morgan fingerprint density at radius 2 is 1.74 bits per heavy atom. The number of fused-ring (bicyclic) bond motifs is 1. The fraction of sp³-hybridized carbons (Fsp3) is 0.385. The highest BCUT2D eigenvalue weighted by atomic mass is 16.2. The van der Waals surface area contributed by atoms with Crippen LogP contribution in [0.5, 0.6) is 0 Å². The van der Waals surface area contributed by atoms with E-state index in [0.717, 1.165) is 42.0 Å². The number of amides is 2. The van der Waals surface area contributed by atoms with Crippen molar-refractivity contribution < 1.29 is 9.59 Å². The molecule has 1 aromatic heterocycles. The first-order valence-corrected chi connectivity index (χ1v) is 11.8. The van der Waals surface area contributed by atoms with Crippen molar-refractivity contribution in [3.63, 3.8) is 0 Å². The lowest BCUT2D eigenvalue weighted by Gasteiger charge is -2.40. The van der Waals surface area contributed by atoms with Crippen molar-refractivity contribution in [2.75, 3.05) is 38.1 Å². The maximum absolute atomic E-state index is 14.0. The summed E-state index contributed by atoms with van der Waals surface area (Å²) < 4.78 is 1.69. The molecular formula is C26H30N6O2. The Hall–Kier alpha value is -3.52. The molecule has 3 aromatic rings. The first-order valence-electron chi connectivity index (χ1n) is 11.8. The van der Waals surface area contributed by atoms with Crippen LogP contribution in [0, 0.1) is 13.8 Å². The molecule has 0 spiro atoms. The average Bonchev–Trinajstić information content (AvgIpc) is 3.24. The Kier molecular flexibility index (Phi) is 5.91. The molecule has 8 nitrogen and oxygen atoms in total. The number of aryl methyl sites for hydroxylation is 2. The number of carbonyl (C=O) groups excluding carboxylic acids is 2. The average molecular weight is 459 g/mol. The second-order valence-electron chi connectivity index (χ2n) is 9.26. The molecule has 0 radical (unpaired) electrons. The van der Waals surface area contributed by atoms with Crippen LogP contribution in [0.25, 0.3) is 5.69 Å². The van der Waals surface area contributed by atoms with Crippen LogP contribution in [-0.2, 0) is 11.2 Å². The zero-order valence-corrected chi connectivity index (χ0v) is 19.9. The van der Waals surface area contributed by atoms with Gasteiger partial charge in [0.15, 0.2) is 5.69 Å². The van der Waals surface area contributed by atoms with Crippen LogP contribution in [0.3, 0.4) is 0 Å². The van der Waals surface area contributed by atoms with E-state index in [9.17, 15) is 9.59 Å². The highest BCUT2D eigenvalue weighted by Crippen LogP contribution is 2.33. The topological polar surface area (TPSA) is 74.6 Å². The molecule has 8 heteroatoms. The first kappa shape index (κ1) is 22.3. The molecule has 2 aliphatic heterocycles. The van der Waals surface area contributed by atoms with Crippen molar-refractivity contribution in [2.24, 2.45) is 0 Å². The first-order chi connectivity index (χ1) is 16.4. The predicted octanol–water partition coefficient (Wildman–Crippen LogP) is 2.62. The zero-order chi connectivity index (χ0) is 23.8. The second kappa shape index (κ2) is 9.02. The maximum Gasteiger partial charge on any atom is 0.281 e. The van der Waals surface area contributed by atoms with E-state index >= 15 is 0 Å². The number of para-hydroxylation sites is 1. The van der Waals surface area contributed by atoms with E-state index in [2.05, 4.69) is 22.3 Å². The normalized spacial score (nSPS) is 18.6. The molecule has 1 atom stereocenters. The summed E-state index contributed by atoms with van der Waals surface area (Å²) >= 11 is 0. The highest BCUT2D eigenvalue weighted by molar-refractivity contribution is 6.10. The predicted molar refractivity (Wildman–Crippen MR) is 130 cm³/mol. The molecule has 2 aromatic carbocycles. The van der Waals surface area contributed by atoms with Gasteiger partial charge in [-0.2, -0.15) is 0 Å². The number of hydrogen-bond acceptors (Lipinski definition) is 5. The van der Waals surface area contributed by atoms with E-state index in [1.54, 1.807) is 9.58 Å². The summed E-state index contributed by atoms with van der Waals surface area (Å²) in [6, 6.07) is 15.2. The van der Waals surface area contributed by atoms with Crippen molar-refractivity contribution >= 4 is 17.5 Å². The van der Waals surface area contributed by atoms with Crippen LogP contribution in [0.2, 0.25) is 0 Å². The number of anilines is 1. The smallest absolute Gasteiger partial charge is 0.281 e. The fourth-order valence-corrected chi connectivity index (χ4v) is 4.91. The minimum atomic E-state index is -0.547. The number of likely N-dealkylation sites (N-methyl/N-ethyl adjacent to an activating group) is 1. The molecule has 1 fully saturated rings. The van der Waals surface area contributed by atoms with E-state index in [0.29, 0.717) is 25.2 Å². The molecule has 2 amide bonds. The molecule has 2 aliphatic rings. The van der Waals surface area contributed by atoms with Crippen molar-refractivity contribution in [3.8, 4) is 5.69 Å². The van der Waals surface area contributed by atoms with E-state index < -0.39 is 6.04 Å². The van der Waals surface area contributed by atoms with Gasteiger partial charge in [0.1, 0.15) is 6.04 Å². The van der Waals surface area contributed by atoms with Gasteiger partial charge in [0, 0.05) is 31.9 Å². The molecule has 0 saturated carbocycles. The largest absolute Gasteiger partial charge is 0.338 e. The van der Waals surface area contributed by atoms with E-state index in [1.807, 2.05) is 67.3 Å². The monoisotopic (exact) mass is 458 g/mol. The minimum absolute atomic E-state index is 0.0136. The number of benzene rings is 2. The molecule has 0 bridgehead atoms. The number of hydrogen-bond donors (Lipinski definition) is 0. The number of aromatic nitrogens is 3. The maximum atomic E-state index is 14.0. The molecule has 0 aliphatic carbocycles. The van der Waals surface area contributed by atoms with Crippen LogP contribution < -0.4 is 4.90 Å². The lowest BCUT2D eigenvalue weighted by molar-refractivity contribution is -0.134. The lowest BCUT2D eigenvalue weighted by Crippen LogP contribution is -2.57. The quantitative estimate of drug-likeness (QED) is 0.603. The van der Waals surface area contributed by atoms with Crippen LogP contribution in [0.1, 0.15) is 33.7 Å². The Labute approximate surface area is 199 Å². The van der Waals surface area contributed by atoms with E-state index in [1.165, 1.54) is 0 Å². The Morgan fingerprint density at radius 1 is 0.971 bits per heavy atom. The molecule has 34 heavy (non-hydrogen) atoms. The summed E-state index contributed by atoms with van der Waals surface area (Å²) in [4.78, 5) is 33.4. The zero-order valence-electron chi connectivity index (χ0n) is 19.9. The number of carbonyl (C=O) groups is 2. The van der Waals surface area contributed by atoms with Gasteiger partial charge in [-0.25, -0.2) is 4.68 Å². The number of rotatable bonds is 3. The van der Waals surface area contributed by atoms with Gasteiger partial charge in [-0.3, -0.25) is 14.5 Å². The van der Waals surface area contributed by atoms with Gasteiger partial charge in [-0.05, 0) is 63.1 Å². The van der Waals surface area contributed by atoms with E-state index in [4.69, 9.17) is 0 Å². The van der Waals surface area contributed by atoms with Crippen LogP contribution in [0.4, 0.5) is 5.69 Å². The van der Waals surface area contributed by atoms with Gasteiger partial charge in [0.25, 0.3) is 5.91 Å². The van der Waals surface area contributed by atoms with Gasteiger partial charge in [0.05, 0.1) is 11.4 Å². The Bertz CT molecular complexity index is 1230. The Balaban J connectivity index is 1.51. The minimum Gasteiger partial charge on any atom is -0.338 e. The van der Waals surface area contributed by atoms with Gasteiger partial charge < -0.3 is 9.80 Å². The van der Waals surface area contributed by atoms with Crippen LogP contribution in [0.15, 0.2) is 48.5 Å². The summed E-state index contributed by atoms with van der Waals surface area (Å²) in [6.45, 7) is 6.90. The van der Waals surface area contributed by atoms with Gasteiger partial charge in [0.2, 0.25) is 5.91 Å². The number of nitrogens with zero attached hydrogens (tertiary/aromatic N) is 6. The standard InChI is InChI=1S/C26H30N6O2/c1-18-7-6-9-21(17-18)32-19(2)24(27-28-32)26(34)31-22-10-5-4-8-20(22)11-12-23(31)25(33)30-15-13-29(3)14-16-30/h4-10,17,23H,11-16H2,1-3H3. The van der Waals surface area contributed by atoms with Crippen molar-refractivity contribution in [3.05, 3.63) is 71.0 Å². The molecular weight excluding hydrogens is 428 g/mol. The van der Waals surface area contributed by atoms with Gasteiger partial charge in [-0.1, -0.05) is 35.5 Å². The number of piperazine rings is 1. The Morgan fingerprint density at radius 3 is 2.50 bits per heavy atom. The van der Waals surface area contributed by atoms with Crippen molar-refractivity contribution in [1.29, 1.82) is 0 Å². The highest BCUT2D eigenvalue weighted by Gasteiger charge is 2.40. The second-order valence-corrected chi connectivity index (χ2v) is 9.26. The molecule has 1 unspecified atom stereocenters. The third-order valence-corrected chi connectivity index (χ3v) is 6.91. The summed E-state index contributed by atoms with van der Waals surface area (Å²) in [5, 5.41) is 8.56. The van der Waals surface area contributed by atoms with Crippen LogP contribution >= 0.6 is 0 Å². The summed E-state index contributed by atoms with van der Waals surface area (Å²) in [5.74, 6) is -0.268. The van der Waals surface area contributed by atoms with Gasteiger partial charge >= 0.3 is 0 Å². The summed E-state index contributed by atoms with van der Waals surface area (Å²) in [7, 11) is 2.06. The molecule has 1 saturated heterocycles. The van der Waals surface area contributed by atoms with E-state index in [-0.39, 0.29) is 17.5 Å². The third-order valence-electron chi connectivity index (χ3n) is 6.91. The molecule has 3 heterocycles. The summed E-state index contributed by atoms with van der Waals surface area (Å²) in [6.07, 6.45) is 1.36. The molecule has 0 N–H and O–H groups in total. The summed E-state index contributed by atoms with van der Waals surface area (Å²) in [5.41, 5.74) is 4.74.